The Morgan fingerprint density at radius 3 is 2.85 bits per heavy atom. The van der Waals surface area contributed by atoms with Crippen LogP contribution in [0, 0.1) is 0 Å². The number of para-hydroxylation sites is 1. The number of aromatic amines is 1. The van der Waals surface area contributed by atoms with Crippen molar-refractivity contribution in [3.8, 4) is 0 Å². The fraction of sp³-hybridized carbons (Fsp3) is 0.125. The van der Waals surface area contributed by atoms with Crippen LogP contribution in [0.25, 0.3) is 10.9 Å². The van der Waals surface area contributed by atoms with Crippen LogP contribution >= 0.6 is 0 Å². The van der Waals surface area contributed by atoms with Gasteiger partial charge < -0.3 is 10.3 Å². The molecule has 0 radical (unpaired) electrons. The highest BCUT2D eigenvalue weighted by Crippen LogP contribution is 2.09. The summed E-state index contributed by atoms with van der Waals surface area (Å²) in [6, 6.07) is 13.6. The second-order valence-corrected chi connectivity index (χ2v) is 4.68. The Hall–Kier alpha value is -2.46. The Morgan fingerprint density at radius 2 is 2.00 bits per heavy atom. The fourth-order valence-electron chi connectivity index (χ4n) is 2.17. The maximum absolute atomic E-state index is 12.0. The number of nitrogens with zero attached hydrogens (tertiary/aromatic N) is 1. The second kappa shape index (κ2) is 5.67. The molecule has 0 saturated carbocycles. The number of benzene rings is 1. The molecule has 1 aromatic carbocycles. The molecule has 0 aliphatic heterocycles. The van der Waals surface area contributed by atoms with Gasteiger partial charge in [-0.3, -0.25) is 9.78 Å². The highest BCUT2D eigenvalue weighted by atomic mass is 16.1. The van der Waals surface area contributed by atoms with E-state index < -0.39 is 0 Å². The molecule has 2 heterocycles. The molecular weight excluding hydrogens is 250 g/mol. The van der Waals surface area contributed by atoms with Gasteiger partial charge in [-0.25, -0.2) is 0 Å². The van der Waals surface area contributed by atoms with Crippen LogP contribution in [0.15, 0.2) is 59.7 Å². The summed E-state index contributed by atoms with van der Waals surface area (Å²) < 4.78 is 0. The van der Waals surface area contributed by atoms with Gasteiger partial charge in [-0.15, -0.1) is 0 Å². The van der Waals surface area contributed by atoms with Gasteiger partial charge >= 0.3 is 0 Å². The van der Waals surface area contributed by atoms with Crippen molar-refractivity contribution in [1.29, 1.82) is 0 Å². The van der Waals surface area contributed by atoms with Crippen LogP contribution in [0.4, 0.5) is 0 Å². The standard InChI is InChI=1S/C16H15N3O/c20-16-14(8-13-5-1-2-6-15(13)19-16)11-18-10-12-4-3-7-17-9-12/h1-9,18H,10-11H2,(H,19,20). The molecule has 3 rings (SSSR count). The number of aromatic nitrogens is 2. The number of hydrogen-bond donors (Lipinski definition) is 2. The summed E-state index contributed by atoms with van der Waals surface area (Å²) in [5, 5.41) is 4.31. The quantitative estimate of drug-likeness (QED) is 0.760. The van der Waals surface area contributed by atoms with E-state index in [1.54, 1.807) is 6.20 Å². The van der Waals surface area contributed by atoms with Crippen LogP contribution in [0.5, 0.6) is 0 Å². The number of fused-ring (bicyclic) bond motifs is 1. The molecule has 2 N–H and O–H groups in total. The summed E-state index contributed by atoms with van der Waals surface area (Å²) in [6.45, 7) is 1.23. The Morgan fingerprint density at radius 1 is 1.10 bits per heavy atom. The average Bonchev–Trinajstić information content (AvgIpc) is 2.49. The lowest BCUT2D eigenvalue weighted by atomic mass is 10.1. The highest BCUT2D eigenvalue weighted by molar-refractivity contribution is 5.78. The van der Waals surface area contributed by atoms with Gasteiger partial charge in [0.2, 0.25) is 0 Å². The Balaban J connectivity index is 1.74. The molecule has 0 atom stereocenters. The number of pyridine rings is 2. The third-order valence-electron chi connectivity index (χ3n) is 3.20. The van der Waals surface area contributed by atoms with Gasteiger partial charge in [0.15, 0.2) is 0 Å². The Bertz CT molecular complexity index is 765. The lowest BCUT2D eigenvalue weighted by Gasteiger charge is -2.05. The smallest absolute Gasteiger partial charge is 0.252 e. The number of nitrogens with one attached hydrogen (secondary N) is 2. The van der Waals surface area contributed by atoms with Crippen molar-refractivity contribution < 1.29 is 0 Å². The summed E-state index contributed by atoms with van der Waals surface area (Å²) in [5.74, 6) is 0. The van der Waals surface area contributed by atoms with Crippen molar-refractivity contribution in [1.82, 2.24) is 15.3 Å². The Kier molecular flexibility index (Phi) is 3.56. The zero-order valence-electron chi connectivity index (χ0n) is 11.0. The molecule has 0 fully saturated rings. The molecule has 4 heteroatoms. The van der Waals surface area contributed by atoms with Crippen LogP contribution in [0.2, 0.25) is 0 Å². The molecule has 100 valence electrons. The number of rotatable bonds is 4. The summed E-state index contributed by atoms with van der Waals surface area (Å²) in [7, 11) is 0. The van der Waals surface area contributed by atoms with Crippen molar-refractivity contribution >= 4 is 10.9 Å². The van der Waals surface area contributed by atoms with Crippen LogP contribution in [-0.2, 0) is 13.1 Å². The minimum absolute atomic E-state index is 0.0395. The average molecular weight is 265 g/mol. The third-order valence-corrected chi connectivity index (χ3v) is 3.20. The molecule has 4 nitrogen and oxygen atoms in total. The van der Waals surface area contributed by atoms with Gasteiger partial charge in [-0.1, -0.05) is 24.3 Å². The van der Waals surface area contributed by atoms with E-state index >= 15 is 0 Å². The molecule has 0 amide bonds. The van der Waals surface area contributed by atoms with Gasteiger partial charge in [0.05, 0.1) is 0 Å². The molecule has 20 heavy (non-hydrogen) atoms. The largest absolute Gasteiger partial charge is 0.322 e. The molecule has 0 aliphatic carbocycles. The maximum atomic E-state index is 12.0. The summed E-state index contributed by atoms with van der Waals surface area (Å²) in [4.78, 5) is 18.9. The van der Waals surface area contributed by atoms with E-state index in [2.05, 4.69) is 15.3 Å². The van der Waals surface area contributed by atoms with E-state index in [0.29, 0.717) is 13.1 Å². The maximum Gasteiger partial charge on any atom is 0.252 e. The SMILES string of the molecule is O=c1[nH]c2ccccc2cc1CNCc1cccnc1. The topological polar surface area (TPSA) is 57.8 Å². The van der Waals surface area contributed by atoms with Crippen molar-refractivity contribution in [3.63, 3.8) is 0 Å². The minimum atomic E-state index is -0.0395. The summed E-state index contributed by atoms with van der Waals surface area (Å²) in [5.41, 5.74) is 2.67. The molecule has 0 saturated heterocycles. The number of H-pyrrole nitrogens is 1. The van der Waals surface area contributed by atoms with E-state index in [1.807, 2.05) is 48.7 Å². The van der Waals surface area contributed by atoms with E-state index in [9.17, 15) is 4.79 Å². The molecular formula is C16H15N3O. The zero-order valence-corrected chi connectivity index (χ0v) is 11.0. The number of hydrogen-bond acceptors (Lipinski definition) is 3. The van der Waals surface area contributed by atoms with E-state index in [1.165, 1.54) is 0 Å². The predicted octanol–water partition coefficient (Wildman–Crippen LogP) is 2.21. The molecule has 0 aliphatic rings. The third kappa shape index (κ3) is 2.75. The minimum Gasteiger partial charge on any atom is -0.322 e. The predicted molar refractivity (Wildman–Crippen MR) is 79.3 cm³/mol. The first-order valence-corrected chi connectivity index (χ1v) is 6.53. The van der Waals surface area contributed by atoms with Crippen molar-refractivity contribution in [2.45, 2.75) is 13.1 Å². The van der Waals surface area contributed by atoms with E-state index in [4.69, 9.17) is 0 Å². The van der Waals surface area contributed by atoms with Gasteiger partial charge in [-0.05, 0) is 29.1 Å². The monoisotopic (exact) mass is 265 g/mol. The summed E-state index contributed by atoms with van der Waals surface area (Å²) >= 11 is 0. The zero-order chi connectivity index (χ0) is 13.8. The lowest BCUT2D eigenvalue weighted by Crippen LogP contribution is -2.20. The lowest BCUT2D eigenvalue weighted by molar-refractivity contribution is 0.687. The van der Waals surface area contributed by atoms with Crippen molar-refractivity contribution in [3.05, 3.63) is 76.3 Å². The van der Waals surface area contributed by atoms with E-state index in [-0.39, 0.29) is 5.56 Å². The first kappa shape index (κ1) is 12.6. The molecule has 3 aromatic rings. The van der Waals surface area contributed by atoms with Crippen molar-refractivity contribution in [2.75, 3.05) is 0 Å². The highest BCUT2D eigenvalue weighted by Gasteiger charge is 2.02. The first-order valence-electron chi connectivity index (χ1n) is 6.53. The Labute approximate surface area is 116 Å². The summed E-state index contributed by atoms with van der Waals surface area (Å²) in [6.07, 6.45) is 3.56. The second-order valence-electron chi connectivity index (χ2n) is 4.68. The van der Waals surface area contributed by atoms with Crippen LogP contribution in [-0.4, -0.2) is 9.97 Å². The van der Waals surface area contributed by atoms with Crippen LogP contribution < -0.4 is 10.9 Å². The molecule has 2 aromatic heterocycles. The van der Waals surface area contributed by atoms with Crippen LogP contribution in [0.1, 0.15) is 11.1 Å². The first-order chi connectivity index (χ1) is 9.83. The van der Waals surface area contributed by atoms with Gasteiger partial charge in [-0.2, -0.15) is 0 Å². The normalized spacial score (nSPS) is 10.8. The van der Waals surface area contributed by atoms with Crippen LogP contribution in [0.3, 0.4) is 0 Å². The molecule has 0 bridgehead atoms. The van der Waals surface area contributed by atoms with Crippen molar-refractivity contribution in [2.24, 2.45) is 0 Å². The van der Waals surface area contributed by atoms with Gasteiger partial charge in [0, 0.05) is 36.6 Å². The van der Waals surface area contributed by atoms with Gasteiger partial charge in [0.25, 0.3) is 5.56 Å². The molecule has 0 spiro atoms. The van der Waals surface area contributed by atoms with E-state index in [0.717, 1.165) is 22.0 Å². The fourth-order valence-corrected chi connectivity index (χ4v) is 2.17. The molecule has 0 unspecified atom stereocenters. The van der Waals surface area contributed by atoms with Gasteiger partial charge in [0.1, 0.15) is 0 Å².